The quantitative estimate of drug-likeness (QED) is 0.735. The van der Waals surface area contributed by atoms with Crippen molar-refractivity contribution >= 4 is 0 Å². The minimum absolute atomic E-state index is 0.662. The summed E-state index contributed by atoms with van der Waals surface area (Å²) in [5.41, 5.74) is 0. The SMILES string of the molecule is CNC(CN(CC(C)C)C(C)C)C1CCCC1. The lowest BCUT2D eigenvalue weighted by Crippen LogP contribution is -2.47. The molecule has 0 radical (unpaired) electrons. The van der Waals surface area contributed by atoms with Crippen LogP contribution in [0.15, 0.2) is 0 Å². The van der Waals surface area contributed by atoms with Gasteiger partial charge in [-0.25, -0.2) is 0 Å². The van der Waals surface area contributed by atoms with E-state index < -0.39 is 0 Å². The fourth-order valence-electron chi connectivity index (χ4n) is 3.05. The second-order valence-corrected chi connectivity index (χ2v) is 6.38. The van der Waals surface area contributed by atoms with Gasteiger partial charge in [-0.2, -0.15) is 0 Å². The molecule has 0 spiro atoms. The molecule has 0 aromatic heterocycles. The fourth-order valence-corrected chi connectivity index (χ4v) is 3.05. The van der Waals surface area contributed by atoms with Gasteiger partial charge in [0, 0.05) is 25.2 Å². The van der Waals surface area contributed by atoms with Crippen LogP contribution in [0.1, 0.15) is 53.4 Å². The standard InChI is InChI=1S/C15H32N2/c1-12(2)10-17(13(3)4)11-15(16-5)14-8-6-7-9-14/h12-16H,6-11H2,1-5H3. The van der Waals surface area contributed by atoms with E-state index >= 15 is 0 Å². The maximum atomic E-state index is 3.56. The Morgan fingerprint density at radius 3 is 2.06 bits per heavy atom. The van der Waals surface area contributed by atoms with Gasteiger partial charge in [0.1, 0.15) is 0 Å². The monoisotopic (exact) mass is 240 g/mol. The number of rotatable bonds is 7. The molecule has 0 heterocycles. The third kappa shape index (κ3) is 4.97. The summed E-state index contributed by atoms with van der Waals surface area (Å²) in [6.07, 6.45) is 5.74. The largest absolute Gasteiger partial charge is 0.315 e. The molecule has 1 saturated carbocycles. The number of nitrogens with zero attached hydrogens (tertiary/aromatic N) is 1. The predicted molar refractivity (Wildman–Crippen MR) is 76.4 cm³/mol. The minimum atomic E-state index is 0.662. The van der Waals surface area contributed by atoms with Gasteiger partial charge >= 0.3 is 0 Å². The normalized spacial score (nSPS) is 19.8. The van der Waals surface area contributed by atoms with E-state index in [1.54, 1.807) is 0 Å². The van der Waals surface area contributed by atoms with Gasteiger partial charge < -0.3 is 5.32 Å². The van der Waals surface area contributed by atoms with E-state index in [-0.39, 0.29) is 0 Å². The van der Waals surface area contributed by atoms with Crippen LogP contribution in [0.25, 0.3) is 0 Å². The first-order chi connectivity index (χ1) is 8.04. The average molecular weight is 240 g/mol. The van der Waals surface area contributed by atoms with Crippen LogP contribution in [-0.4, -0.2) is 37.1 Å². The van der Waals surface area contributed by atoms with E-state index in [0.29, 0.717) is 12.1 Å². The summed E-state index contributed by atoms with van der Waals surface area (Å²) in [6.45, 7) is 11.7. The summed E-state index contributed by atoms with van der Waals surface area (Å²) in [4.78, 5) is 2.64. The van der Waals surface area contributed by atoms with Crippen molar-refractivity contribution in [1.82, 2.24) is 10.2 Å². The molecule has 2 nitrogen and oxygen atoms in total. The van der Waals surface area contributed by atoms with Crippen molar-refractivity contribution in [3.05, 3.63) is 0 Å². The highest BCUT2D eigenvalue weighted by atomic mass is 15.2. The van der Waals surface area contributed by atoms with Gasteiger partial charge in [0.15, 0.2) is 0 Å². The molecule has 1 aliphatic carbocycles. The molecule has 1 N–H and O–H groups in total. The van der Waals surface area contributed by atoms with Crippen molar-refractivity contribution in [1.29, 1.82) is 0 Å². The summed E-state index contributed by atoms with van der Waals surface area (Å²) in [7, 11) is 2.14. The lowest BCUT2D eigenvalue weighted by Gasteiger charge is -2.34. The number of likely N-dealkylation sites (N-methyl/N-ethyl adjacent to an activating group) is 1. The van der Waals surface area contributed by atoms with Gasteiger partial charge in [-0.1, -0.05) is 26.7 Å². The Hall–Kier alpha value is -0.0800. The van der Waals surface area contributed by atoms with Gasteiger partial charge in [-0.05, 0) is 45.6 Å². The van der Waals surface area contributed by atoms with Crippen LogP contribution in [0, 0.1) is 11.8 Å². The summed E-state index contributed by atoms with van der Waals surface area (Å²) in [5.74, 6) is 1.67. The molecule has 17 heavy (non-hydrogen) atoms. The molecule has 102 valence electrons. The lowest BCUT2D eigenvalue weighted by molar-refractivity contribution is 0.159. The molecule has 0 aromatic rings. The third-order valence-electron chi connectivity index (χ3n) is 4.10. The molecule has 0 saturated heterocycles. The summed E-state index contributed by atoms with van der Waals surface area (Å²) in [6, 6.07) is 1.35. The first kappa shape index (κ1) is 15.0. The van der Waals surface area contributed by atoms with Gasteiger partial charge in [0.05, 0.1) is 0 Å². The molecular weight excluding hydrogens is 208 g/mol. The molecule has 2 heteroatoms. The van der Waals surface area contributed by atoms with Crippen molar-refractivity contribution in [2.75, 3.05) is 20.1 Å². The van der Waals surface area contributed by atoms with Crippen LogP contribution in [0.5, 0.6) is 0 Å². The number of hydrogen-bond acceptors (Lipinski definition) is 2. The third-order valence-corrected chi connectivity index (χ3v) is 4.10. The summed E-state index contributed by atoms with van der Waals surface area (Å²) < 4.78 is 0. The Bertz CT molecular complexity index is 195. The average Bonchev–Trinajstić information content (AvgIpc) is 2.76. The van der Waals surface area contributed by atoms with E-state index in [1.807, 2.05) is 0 Å². The van der Waals surface area contributed by atoms with Crippen molar-refractivity contribution in [3.63, 3.8) is 0 Å². The van der Waals surface area contributed by atoms with Crippen LogP contribution in [0.2, 0.25) is 0 Å². The molecule has 1 unspecified atom stereocenters. The van der Waals surface area contributed by atoms with Crippen LogP contribution in [0.3, 0.4) is 0 Å². The van der Waals surface area contributed by atoms with Crippen molar-refractivity contribution < 1.29 is 0 Å². The van der Waals surface area contributed by atoms with E-state index in [1.165, 1.54) is 38.8 Å². The van der Waals surface area contributed by atoms with E-state index in [2.05, 4.69) is 45.0 Å². The van der Waals surface area contributed by atoms with E-state index in [4.69, 9.17) is 0 Å². The molecule has 0 bridgehead atoms. The maximum Gasteiger partial charge on any atom is 0.0220 e. The molecule has 0 amide bonds. The first-order valence-corrected chi connectivity index (χ1v) is 7.46. The van der Waals surface area contributed by atoms with E-state index in [9.17, 15) is 0 Å². The highest BCUT2D eigenvalue weighted by molar-refractivity contribution is 4.83. The van der Waals surface area contributed by atoms with Crippen LogP contribution in [0.4, 0.5) is 0 Å². The Labute approximate surface area is 108 Å². The van der Waals surface area contributed by atoms with Gasteiger partial charge in [-0.15, -0.1) is 0 Å². The molecule has 1 atom stereocenters. The predicted octanol–water partition coefficient (Wildman–Crippen LogP) is 3.13. The smallest absolute Gasteiger partial charge is 0.0220 e. The molecule has 0 aromatic carbocycles. The summed E-state index contributed by atoms with van der Waals surface area (Å²) in [5, 5.41) is 3.56. The van der Waals surface area contributed by atoms with Crippen LogP contribution >= 0.6 is 0 Å². The second kappa shape index (κ2) is 7.38. The molecule has 1 aliphatic rings. The fraction of sp³-hybridized carbons (Fsp3) is 1.00. The number of hydrogen-bond donors (Lipinski definition) is 1. The summed E-state index contributed by atoms with van der Waals surface area (Å²) >= 11 is 0. The van der Waals surface area contributed by atoms with Crippen LogP contribution in [-0.2, 0) is 0 Å². The van der Waals surface area contributed by atoms with Crippen molar-refractivity contribution in [3.8, 4) is 0 Å². The lowest BCUT2D eigenvalue weighted by atomic mass is 9.97. The Morgan fingerprint density at radius 1 is 1.06 bits per heavy atom. The van der Waals surface area contributed by atoms with Gasteiger partial charge in [0.25, 0.3) is 0 Å². The van der Waals surface area contributed by atoms with Crippen LogP contribution < -0.4 is 5.32 Å². The highest BCUT2D eigenvalue weighted by Gasteiger charge is 2.26. The highest BCUT2D eigenvalue weighted by Crippen LogP contribution is 2.28. The zero-order chi connectivity index (χ0) is 12.8. The second-order valence-electron chi connectivity index (χ2n) is 6.38. The van der Waals surface area contributed by atoms with Gasteiger partial charge in [-0.3, -0.25) is 4.90 Å². The Balaban J connectivity index is 2.50. The zero-order valence-electron chi connectivity index (χ0n) is 12.5. The van der Waals surface area contributed by atoms with Crippen molar-refractivity contribution in [2.24, 2.45) is 11.8 Å². The topological polar surface area (TPSA) is 15.3 Å². The molecule has 1 fully saturated rings. The van der Waals surface area contributed by atoms with E-state index in [0.717, 1.165) is 11.8 Å². The minimum Gasteiger partial charge on any atom is -0.315 e. The maximum absolute atomic E-state index is 3.56. The van der Waals surface area contributed by atoms with Gasteiger partial charge in [0.2, 0.25) is 0 Å². The zero-order valence-corrected chi connectivity index (χ0v) is 12.5. The molecular formula is C15H32N2. The Kier molecular flexibility index (Phi) is 6.50. The Morgan fingerprint density at radius 2 is 1.65 bits per heavy atom. The van der Waals surface area contributed by atoms with Crippen molar-refractivity contribution in [2.45, 2.75) is 65.5 Å². The molecule has 1 rings (SSSR count). The molecule has 0 aliphatic heterocycles. The number of nitrogens with one attached hydrogen (secondary N) is 1. The first-order valence-electron chi connectivity index (χ1n) is 7.46.